The van der Waals surface area contributed by atoms with Crippen molar-refractivity contribution in [1.82, 2.24) is 19.4 Å². The first kappa shape index (κ1) is 31.5. The first-order valence-electron chi connectivity index (χ1n) is 10.9. The topological polar surface area (TPSA) is 161 Å². The summed E-state index contributed by atoms with van der Waals surface area (Å²) < 4.78 is 126. The average molecular weight is 629 g/mol. The van der Waals surface area contributed by atoms with E-state index in [0.29, 0.717) is 13.2 Å². The van der Waals surface area contributed by atoms with Gasteiger partial charge in [0.15, 0.2) is 9.84 Å². The normalized spacial score (nSPS) is 12.7. The van der Waals surface area contributed by atoms with Gasteiger partial charge in [-0.05, 0) is 34.8 Å². The van der Waals surface area contributed by atoms with E-state index in [9.17, 15) is 48.0 Å². The van der Waals surface area contributed by atoms with E-state index in [2.05, 4.69) is 30.4 Å². The van der Waals surface area contributed by atoms with Crippen molar-refractivity contribution in [3.63, 3.8) is 0 Å². The molecule has 0 unspecified atom stereocenters. The molecule has 0 atom stereocenters. The second kappa shape index (κ2) is 11.4. The van der Waals surface area contributed by atoms with E-state index in [1.807, 2.05) is 0 Å². The van der Waals surface area contributed by atoms with Gasteiger partial charge < -0.3 is 15.5 Å². The molecule has 0 radical (unpaired) electrons. The minimum Gasteiger partial charge on any atom is -0.345 e. The van der Waals surface area contributed by atoms with E-state index in [1.165, 1.54) is 13.0 Å². The third kappa shape index (κ3) is 7.58. The number of sulfone groups is 1. The van der Waals surface area contributed by atoms with Gasteiger partial charge in [0.25, 0.3) is 10.0 Å². The van der Waals surface area contributed by atoms with E-state index in [4.69, 9.17) is 0 Å². The van der Waals surface area contributed by atoms with Crippen LogP contribution in [0, 0.1) is 0 Å². The van der Waals surface area contributed by atoms with Crippen LogP contribution in [0.25, 0.3) is 0 Å². The summed E-state index contributed by atoms with van der Waals surface area (Å²) in [6.45, 7) is 1.30. The maximum Gasteiger partial charge on any atom is 0.492 e. The zero-order valence-corrected chi connectivity index (χ0v) is 22.3. The predicted octanol–water partition coefficient (Wildman–Crippen LogP) is 3.81. The number of anilines is 4. The van der Waals surface area contributed by atoms with E-state index < -0.39 is 59.3 Å². The van der Waals surface area contributed by atoms with E-state index in [0.717, 1.165) is 36.7 Å². The third-order valence-corrected chi connectivity index (χ3v) is 8.41. The van der Waals surface area contributed by atoms with Gasteiger partial charge in [0.2, 0.25) is 0 Å². The number of aromatic nitrogens is 3. The van der Waals surface area contributed by atoms with Crippen LogP contribution >= 0.6 is 0 Å². The highest BCUT2D eigenvalue weighted by Gasteiger charge is 2.44. The number of sulfonamides is 1. The highest BCUT2D eigenvalue weighted by Crippen LogP contribution is 2.31. The van der Waals surface area contributed by atoms with Crippen molar-refractivity contribution in [1.29, 1.82) is 0 Å². The lowest BCUT2D eigenvalue weighted by molar-refractivity contribution is -0.219. The van der Waals surface area contributed by atoms with Crippen LogP contribution in [0.15, 0.2) is 58.7 Å². The zero-order valence-electron chi connectivity index (χ0n) is 20.6. The average Bonchev–Trinajstić information content (AvgIpc) is 2.88. The Labute approximate surface area is 228 Å². The monoisotopic (exact) mass is 628 g/mol. The van der Waals surface area contributed by atoms with Crippen molar-refractivity contribution in [3.05, 3.63) is 54.5 Å². The summed E-state index contributed by atoms with van der Waals surface area (Å²) in [5.74, 6) is -3.42. The summed E-state index contributed by atoms with van der Waals surface area (Å²) in [6, 6.07) is 5.40. The van der Waals surface area contributed by atoms with Crippen LogP contribution in [-0.4, -0.2) is 61.2 Å². The van der Waals surface area contributed by atoms with Gasteiger partial charge in [-0.3, -0.25) is 0 Å². The number of nitrogens with zero attached hydrogens (tertiary/aromatic N) is 4. The van der Waals surface area contributed by atoms with Crippen molar-refractivity contribution in [3.8, 4) is 0 Å². The Bertz CT molecular complexity index is 1650. The zero-order chi connectivity index (χ0) is 30.8. The number of halogens is 6. The van der Waals surface area contributed by atoms with E-state index in [-0.39, 0.29) is 27.6 Å². The van der Waals surface area contributed by atoms with Crippen LogP contribution in [0.4, 0.5) is 49.5 Å². The number of carbonyl (C=O) groups is 1. The van der Waals surface area contributed by atoms with E-state index >= 15 is 0 Å². The van der Waals surface area contributed by atoms with Crippen LogP contribution in [-0.2, 0) is 35.7 Å². The molecule has 1 aromatic carbocycles. The molecule has 222 valence electrons. The fraction of sp³-hybridized carbons (Fsp3) is 0.238. The molecule has 0 spiro atoms. The molecule has 2 aromatic heterocycles. The second-order valence-electron chi connectivity index (χ2n) is 7.82. The van der Waals surface area contributed by atoms with Crippen LogP contribution < -0.4 is 10.6 Å². The van der Waals surface area contributed by atoms with Gasteiger partial charge in [0.05, 0.1) is 26.8 Å². The van der Waals surface area contributed by atoms with Gasteiger partial charge in [0.1, 0.15) is 23.8 Å². The Morgan fingerprint density at radius 2 is 1.54 bits per heavy atom. The molecule has 0 aliphatic heterocycles. The molecule has 0 amide bonds. The van der Waals surface area contributed by atoms with Gasteiger partial charge >= 0.3 is 18.3 Å². The predicted molar refractivity (Wildman–Crippen MR) is 129 cm³/mol. The molecule has 0 bridgehead atoms. The molecule has 12 nitrogen and oxygen atoms in total. The first-order chi connectivity index (χ1) is 18.8. The number of hydroxylamine groups is 1. The molecule has 0 aliphatic carbocycles. The molecule has 2 heterocycles. The summed E-state index contributed by atoms with van der Waals surface area (Å²) >= 11 is 0. The number of hydrogen-bond acceptors (Lipinski definition) is 11. The van der Waals surface area contributed by atoms with Gasteiger partial charge in [0, 0.05) is 19.3 Å². The largest absolute Gasteiger partial charge is 0.492 e. The van der Waals surface area contributed by atoms with Gasteiger partial charge in [-0.2, -0.15) is 26.3 Å². The second-order valence-corrected chi connectivity index (χ2v) is 12.0. The molecule has 3 aromatic rings. The summed E-state index contributed by atoms with van der Waals surface area (Å²) in [5, 5.41) is 5.19. The van der Waals surface area contributed by atoms with Crippen molar-refractivity contribution in [2.45, 2.75) is 29.1 Å². The van der Waals surface area contributed by atoms with Crippen molar-refractivity contribution in [2.75, 3.05) is 23.4 Å². The molecule has 0 fully saturated rings. The minimum absolute atomic E-state index is 0.0165. The number of carbonyl (C=O) groups excluding carboxylic acids is 1. The molecular weight excluding hydrogens is 610 g/mol. The Balaban J connectivity index is 1.95. The Kier molecular flexibility index (Phi) is 8.79. The van der Waals surface area contributed by atoms with Crippen LogP contribution in [0.1, 0.15) is 12.5 Å². The van der Waals surface area contributed by atoms with Crippen LogP contribution in [0.5, 0.6) is 0 Å². The Morgan fingerprint density at radius 1 is 0.902 bits per heavy atom. The smallest absolute Gasteiger partial charge is 0.345 e. The lowest BCUT2D eigenvalue weighted by Gasteiger charge is -2.19. The molecule has 3 rings (SSSR count). The number of benzene rings is 1. The lowest BCUT2D eigenvalue weighted by atomic mass is 10.3. The lowest BCUT2D eigenvalue weighted by Crippen LogP contribution is -2.36. The number of pyridine rings is 1. The SMILES string of the molecule is CCS(=O)(=O)c1ccc(S(=O)(=O)N(C)OC(=O)C(F)(F)F)cc1Nc1cc(Nc2ccc(C(F)(F)F)cn2)ncn1. The van der Waals surface area contributed by atoms with Gasteiger partial charge in [-0.1, -0.05) is 6.92 Å². The number of rotatable bonds is 9. The molecule has 0 aliphatic rings. The van der Waals surface area contributed by atoms with Crippen LogP contribution in [0.2, 0.25) is 0 Å². The van der Waals surface area contributed by atoms with Crippen LogP contribution in [0.3, 0.4) is 0 Å². The number of nitrogens with one attached hydrogen (secondary N) is 2. The van der Waals surface area contributed by atoms with Gasteiger partial charge in [-0.15, -0.1) is 0 Å². The van der Waals surface area contributed by atoms with Gasteiger partial charge in [-0.25, -0.2) is 36.6 Å². The summed E-state index contributed by atoms with van der Waals surface area (Å²) in [7, 11) is -8.40. The molecule has 2 N–H and O–H groups in total. The van der Waals surface area contributed by atoms with Crippen molar-refractivity contribution < 1.29 is 52.8 Å². The Morgan fingerprint density at radius 3 is 2.07 bits per heavy atom. The highest BCUT2D eigenvalue weighted by molar-refractivity contribution is 7.91. The minimum atomic E-state index is -5.50. The molecular formula is C21H18F6N6O6S2. The fourth-order valence-corrected chi connectivity index (χ4v) is 4.96. The summed E-state index contributed by atoms with van der Waals surface area (Å²) in [5.41, 5.74) is -1.37. The number of hydrogen-bond donors (Lipinski definition) is 2. The Hall–Kier alpha value is -4.04. The quantitative estimate of drug-likeness (QED) is 0.262. The van der Waals surface area contributed by atoms with Crippen molar-refractivity contribution in [2.24, 2.45) is 0 Å². The molecule has 20 heteroatoms. The fourth-order valence-electron chi connectivity index (χ4n) is 2.96. The van der Waals surface area contributed by atoms with E-state index in [1.54, 1.807) is 0 Å². The third-order valence-electron chi connectivity index (χ3n) is 5.02. The maximum absolute atomic E-state index is 12.8. The molecule has 41 heavy (non-hydrogen) atoms. The standard InChI is InChI=1S/C21H18F6N6O6S2/c1-3-40(35,36)15-6-5-13(41(37,38)33(2)39-19(34)21(25,26)27)8-14(15)31-17-9-18(30-11-29-17)32-16-7-4-12(10-28-16)20(22,23)24/h4-11H,3H2,1-2H3,(H2,28,29,30,31,32). The number of alkyl halides is 6. The highest BCUT2D eigenvalue weighted by atomic mass is 32.2. The van der Waals surface area contributed by atoms with Crippen molar-refractivity contribution >= 4 is 49.0 Å². The molecule has 0 saturated heterocycles. The first-order valence-corrected chi connectivity index (χ1v) is 14.0. The maximum atomic E-state index is 12.8. The summed E-state index contributed by atoms with van der Waals surface area (Å²) in [6.07, 6.45) is -8.54. The molecule has 0 saturated carbocycles. The summed E-state index contributed by atoms with van der Waals surface area (Å²) in [4.78, 5) is 25.2.